The van der Waals surface area contributed by atoms with Gasteiger partial charge in [0.25, 0.3) is 11.5 Å². The Bertz CT molecular complexity index is 607. The summed E-state index contributed by atoms with van der Waals surface area (Å²) in [5.74, 6) is -2.81. The fourth-order valence-corrected chi connectivity index (χ4v) is 1.55. The molecule has 6 nitrogen and oxygen atoms in total. The molecule has 0 bridgehead atoms. The van der Waals surface area contributed by atoms with Crippen LogP contribution in [0.25, 0.3) is 0 Å². The lowest BCUT2D eigenvalue weighted by atomic mass is 10.0. The van der Waals surface area contributed by atoms with Crippen LogP contribution in [-0.4, -0.2) is 28.0 Å². The molecule has 3 N–H and O–H groups in total. The van der Waals surface area contributed by atoms with Gasteiger partial charge in [0.1, 0.15) is 17.3 Å². The number of amides is 1. The molecule has 0 aromatic carbocycles. The van der Waals surface area contributed by atoms with Gasteiger partial charge in [-0.1, -0.05) is 13.8 Å². The third-order valence-electron chi connectivity index (χ3n) is 2.68. The van der Waals surface area contributed by atoms with E-state index in [1.807, 2.05) is 0 Å². The molecule has 0 unspecified atom stereocenters. The first-order valence-corrected chi connectivity index (χ1v) is 5.88. The van der Waals surface area contributed by atoms with Crippen molar-refractivity contribution < 1.29 is 27.9 Å². The second-order valence-corrected chi connectivity index (χ2v) is 4.65. The van der Waals surface area contributed by atoms with E-state index in [1.54, 1.807) is 0 Å². The maximum absolute atomic E-state index is 12.4. The van der Waals surface area contributed by atoms with Crippen molar-refractivity contribution in [3.63, 3.8) is 0 Å². The highest BCUT2D eigenvalue weighted by Gasteiger charge is 2.32. The number of aromatic nitrogens is 1. The number of aromatic amines is 1. The summed E-state index contributed by atoms with van der Waals surface area (Å²) in [6, 6.07) is -0.00304. The Morgan fingerprint density at radius 3 is 2.24 bits per heavy atom. The highest BCUT2D eigenvalue weighted by Crippen LogP contribution is 2.26. The third-order valence-corrected chi connectivity index (χ3v) is 2.68. The first-order chi connectivity index (χ1) is 9.54. The van der Waals surface area contributed by atoms with Gasteiger partial charge in [0.2, 0.25) is 0 Å². The lowest BCUT2D eigenvalue weighted by Gasteiger charge is -2.17. The predicted molar refractivity (Wildman–Crippen MR) is 65.8 cm³/mol. The van der Waals surface area contributed by atoms with Crippen LogP contribution in [-0.2, 0) is 11.0 Å². The number of pyridine rings is 1. The minimum atomic E-state index is -4.74. The number of carbonyl (C=O) groups excluding carboxylic acids is 1. The summed E-state index contributed by atoms with van der Waals surface area (Å²) < 4.78 is 37.1. The van der Waals surface area contributed by atoms with E-state index in [4.69, 9.17) is 5.11 Å². The maximum Gasteiger partial charge on any atom is 0.431 e. The quantitative estimate of drug-likeness (QED) is 0.779. The number of rotatable bonds is 4. The van der Waals surface area contributed by atoms with Crippen LogP contribution in [0.3, 0.4) is 0 Å². The first kappa shape index (κ1) is 16.7. The molecule has 21 heavy (non-hydrogen) atoms. The van der Waals surface area contributed by atoms with Crippen LogP contribution >= 0.6 is 0 Å². The average Bonchev–Trinajstić information content (AvgIpc) is 2.33. The molecule has 9 heteroatoms. The van der Waals surface area contributed by atoms with Crippen LogP contribution in [0.5, 0.6) is 0 Å². The number of H-pyrrole nitrogens is 1. The minimum Gasteiger partial charge on any atom is -0.480 e. The molecule has 0 spiro atoms. The standard InChI is InChI=1S/C12H13F3N2O4/c1-5(2)8(11(20)21)17-10(19)6-3-4-7(12(13,14)15)16-9(6)18/h3-5,8H,1-2H3,(H,16,18)(H,17,19)(H,20,21)/t8-/m1/s1. The van der Waals surface area contributed by atoms with Crippen LogP contribution in [0.1, 0.15) is 29.9 Å². The summed E-state index contributed by atoms with van der Waals surface area (Å²) in [5, 5.41) is 11.0. The second kappa shape index (κ2) is 5.98. The predicted octanol–water partition coefficient (Wildman–Crippen LogP) is 1.23. The summed E-state index contributed by atoms with van der Waals surface area (Å²) in [5.41, 5.74) is -3.12. The van der Waals surface area contributed by atoms with Crippen LogP contribution in [0, 0.1) is 5.92 Å². The number of hydrogen-bond acceptors (Lipinski definition) is 3. The molecule has 0 saturated carbocycles. The lowest BCUT2D eigenvalue weighted by Crippen LogP contribution is -2.45. The van der Waals surface area contributed by atoms with Crippen LogP contribution < -0.4 is 10.9 Å². The van der Waals surface area contributed by atoms with Gasteiger partial charge in [0.05, 0.1) is 0 Å². The zero-order chi connectivity index (χ0) is 16.4. The van der Waals surface area contributed by atoms with E-state index in [9.17, 15) is 27.6 Å². The zero-order valence-electron chi connectivity index (χ0n) is 11.1. The molecule has 116 valence electrons. The van der Waals surface area contributed by atoms with Crippen molar-refractivity contribution >= 4 is 11.9 Å². The Kier molecular flexibility index (Phi) is 4.77. The molecule has 0 saturated heterocycles. The fraction of sp³-hybridized carbons (Fsp3) is 0.417. The van der Waals surface area contributed by atoms with Gasteiger partial charge in [-0.3, -0.25) is 9.59 Å². The Labute approximate surface area is 117 Å². The molecule has 1 aromatic heterocycles. The molecular formula is C12H13F3N2O4. The van der Waals surface area contributed by atoms with Gasteiger partial charge in [-0.05, 0) is 18.1 Å². The largest absolute Gasteiger partial charge is 0.480 e. The third kappa shape index (κ3) is 4.07. The second-order valence-electron chi connectivity index (χ2n) is 4.65. The highest BCUT2D eigenvalue weighted by atomic mass is 19.4. The van der Waals surface area contributed by atoms with E-state index in [2.05, 4.69) is 5.32 Å². The van der Waals surface area contributed by atoms with Crippen molar-refractivity contribution in [2.24, 2.45) is 5.92 Å². The normalized spacial score (nSPS) is 13.0. The number of hydrogen-bond donors (Lipinski definition) is 3. The van der Waals surface area contributed by atoms with Gasteiger partial charge in [-0.25, -0.2) is 4.79 Å². The van der Waals surface area contributed by atoms with Crippen molar-refractivity contribution in [1.82, 2.24) is 10.3 Å². The molecule has 1 heterocycles. The van der Waals surface area contributed by atoms with E-state index in [-0.39, 0.29) is 0 Å². The summed E-state index contributed by atoms with van der Waals surface area (Å²) >= 11 is 0. The molecule has 0 aliphatic rings. The summed E-state index contributed by atoms with van der Waals surface area (Å²) in [6.45, 7) is 3.08. The van der Waals surface area contributed by atoms with Crippen molar-refractivity contribution in [1.29, 1.82) is 0 Å². The van der Waals surface area contributed by atoms with Gasteiger partial charge in [-0.2, -0.15) is 13.2 Å². The lowest BCUT2D eigenvalue weighted by molar-refractivity contribution is -0.141. The smallest absolute Gasteiger partial charge is 0.431 e. The van der Waals surface area contributed by atoms with E-state index in [0.717, 1.165) is 0 Å². The van der Waals surface area contributed by atoms with Crippen molar-refractivity contribution in [3.05, 3.63) is 33.7 Å². The molecule has 0 radical (unpaired) electrons. The van der Waals surface area contributed by atoms with Gasteiger partial charge in [0, 0.05) is 0 Å². The van der Waals surface area contributed by atoms with Gasteiger partial charge >= 0.3 is 12.1 Å². The number of aliphatic carboxylic acids is 1. The molecule has 1 amide bonds. The first-order valence-electron chi connectivity index (χ1n) is 5.88. The number of carbonyl (C=O) groups is 2. The van der Waals surface area contributed by atoms with Crippen LogP contribution in [0.2, 0.25) is 0 Å². The Morgan fingerprint density at radius 1 is 1.29 bits per heavy atom. The Hall–Kier alpha value is -2.32. The molecule has 0 aliphatic heterocycles. The fourth-order valence-electron chi connectivity index (χ4n) is 1.55. The van der Waals surface area contributed by atoms with E-state index < -0.39 is 46.8 Å². The molecule has 0 aliphatic carbocycles. The summed E-state index contributed by atoms with van der Waals surface area (Å²) in [6.07, 6.45) is -4.74. The van der Waals surface area contributed by atoms with Crippen LogP contribution in [0.15, 0.2) is 16.9 Å². The summed E-state index contributed by atoms with van der Waals surface area (Å²) in [4.78, 5) is 35.7. The number of alkyl halides is 3. The number of carboxylic acid groups (broad SMARTS) is 1. The van der Waals surface area contributed by atoms with Gasteiger partial charge < -0.3 is 15.4 Å². The topological polar surface area (TPSA) is 99.3 Å². The van der Waals surface area contributed by atoms with E-state index >= 15 is 0 Å². The van der Waals surface area contributed by atoms with Gasteiger partial charge in [0.15, 0.2) is 0 Å². The van der Waals surface area contributed by atoms with Gasteiger partial charge in [-0.15, -0.1) is 0 Å². The Morgan fingerprint density at radius 2 is 1.86 bits per heavy atom. The van der Waals surface area contributed by atoms with Crippen molar-refractivity contribution in [3.8, 4) is 0 Å². The number of halogens is 3. The monoisotopic (exact) mass is 306 g/mol. The number of nitrogens with one attached hydrogen (secondary N) is 2. The molecular weight excluding hydrogens is 293 g/mol. The molecule has 1 atom stereocenters. The van der Waals surface area contributed by atoms with E-state index in [0.29, 0.717) is 12.1 Å². The SMILES string of the molecule is CC(C)[C@@H](NC(=O)c1ccc(C(F)(F)F)[nH]c1=O)C(=O)O. The molecule has 0 fully saturated rings. The molecule has 1 rings (SSSR count). The number of carboxylic acids is 1. The maximum atomic E-state index is 12.4. The van der Waals surface area contributed by atoms with Crippen LogP contribution in [0.4, 0.5) is 13.2 Å². The molecule has 1 aromatic rings. The van der Waals surface area contributed by atoms with E-state index in [1.165, 1.54) is 18.8 Å². The van der Waals surface area contributed by atoms with Crippen molar-refractivity contribution in [2.45, 2.75) is 26.1 Å². The average molecular weight is 306 g/mol. The Balaban J connectivity index is 3.04. The highest BCUT2D eigenvalue weighted by molar-refractivity contribution is 5.96. The van der Waals surface area contributed by atoms with Crippen molar-refractivity contribution in [2.75, 3.05) is 0 Å². The zero-order valence-corrected chi connectivity index (χ0v) is 11.1. The minimum absolute atomic E-state index is 0.458. The summed E-state index contributed by atoms with van der Waals surface area (Å²) in [7, 11) is 0.